The van der Waals surface area contributed by atoms with E-state index in [1.54, 1.807) is 11.8 Å². The second-order valence-corrected chi connectivity index (χ2v) is 4.77. The highest BCUT2D eigenvalue weighted by molar-refractivity contribution is 7.99. The molecular weight excluding hydrogens is 236 g/mol. The van der Waals surface area contributed by atoms with Gasteiger partial charge in [-0.15, -0.1) is 11.8 Å². The average molecular weight is 248 g/mol. The quantitative estimate of drug-likeness (QED) is 0.842. The second kappa shape index (κ2) is 4.38. The fourth-order valence-electron chi connectivity index (χ4n) is 1.69. The number of thioether (sulfide) groups is 1. The molecule has 1 atom stereocenters. The van der Waals surface area contributed by atoms with Gasteiger partial charge in [0.1, 0.15) is 11.6 Å². The van der Waals surface area contributed by atoms with Crippen LogP contribution < -0.4 is 10.5 Å². The van der Waals surface area contributed by atoms with Gasteiger partial charge in [-0.25, -0.2) is 4.98 Å². The topological polar surface area (TPSA) is 76.8 Å². The van der Waals surface area contributed by atoms with Crippen LogP contribution in [0.1, 0.15) is 17.8 Å². The summed E-state index contributed by atoms with van der Waals surface area (Å²) < 4.78 is 5.87. The predicted octanol–water partition coefficient (Wildman–Crippen LogP) is 1.49. The smallest absolute Gasteiger partial charge is 0.192 e. The van der Waals surface area contributed by atoms with Crippen molar-refractivity contribution in [3.63, 3.8) is 0 Å². The standard InChI is InChI=1S/C11H12N4OS/c12-5-10-13-11(15-14-10)8-6-17-9-4-2-1-3-7(9)16-8/h1-4,8H,5-6,12H2,(H,13,14,15). The monoisotopic (exact) mass is 248 g/mol. The van der Waals surface area contributed by atoms with Gasteiger partial charge < -0.3 is 10.5 Å². The first kappa shape index (κ1) is 10.6. The van der Waals surface area contributed by atoms with Crippen LogP contribution in [-0.2, 0) is 6.54 Å². The van der Waals surface area contributed by atoms with Gasteiger partial charge >= 0.3 is 0 Å². The van der Waals surface area contributed by atoms with E-state index in [-0.39, 0.29) is 6.10 Å². The highest BCUT2D eigenvalue weighted by Gasteiger charge is 2.24. The van der Waals surface area contributed by atoms with Crippen LogP contribution in [0.25, 0.3) is 0 Å². The Morgan fingerprint density at radius 2 is 2.35 bits per heavy atom. The van der Waals surface area contributed by atoms with E-state index in [1.807, 2.05) is 18.2 Å². The molecule has 0 amide bonds. The molecule has 2 heterocycles. The first-order valence-corrected chi connectivity index (χ1v) is 6.35. The van der Waals surface area contributed by atoms with Gasteiger partial charge in [0.05, 0.1) is 6.54 Å². The molecule has 6 heteroatoms. The molecule has 0 saturated heterocycles. The summed E-state index contributed by atoms with van der Waals surface area (Å²) in [5.41, 5.74) is 5.49. The van der Waals surface area contributed by atoms with Gasteiger partial charge in [0.25, 0.3) is 0 Å². The molecule has 1 aromatic heterocycles. The Balaban J connectivity index is 1.84. The molecule has 17 heavy (non-hydrogen) atoms. The number of nitrogens with zero attached hydrogens (tertiary/aromatic N) is 2. The Morgan fingerprint density at radius 1 is 1.47 bits per heavy atom. The number of ether oxygens (including phenoxy) is 1. The Labute approximate surface area is 103 Å². The molecule has 0 saturated carbocycles. The van der Waals surface area contributed by atoms with Crippen LogP contribution in [0.2, 0.25) is 0 Å². The zero-order chi connectivity index (χ0) is 11.7. The first-order chi connectivity index (χ1) is 8.36. The summed E-state index contributed by atoms with van der Waals surface area (Å²) in [7, 11) is 0. The number of benzene rings is 1. The number of H-pyrrole nitrogens is 1. The number of rotatable bonds is 2. The first-order valence-electron chi connectivity index (χ1n) is 5.36. The third-order valence-corrected chi connectivity index (χ3v) is 3.66. The summed E-state index contributed by atoms with van der Waals surface area (Å²) in [5, 5.41) is 6.93. The predicted molar refractivity (Wildman–Crippen MR) is 64.8 cm³/mol. The lowest BCUT2D eigenvalue weighted by atomic mass is 10.3. The van der Waals surface area contributed by atoms with Gasteiger partial charge in [0.2, 0.25) is 0 Å². The minimum Gasteiger partial charge on any atom is -0.480 e. The molecule has 0 radical (unpaired) electrons. The molecule has 88 valence electrons. The molecule has 0 spiro atoms. The number of aromatic amines is 1. The molecule has 3 rings (SSSR count). The largest absolute Gasteiger partial charge is 0.480 e. The Hall–Kier alpha value is -1.53. The van der Waals surface area contributed by atoms with Gasteiger partial charge in [-0.05, 0) is 12.1 Å². The van der Waals surface area contributed by atoms with E-state index in [9.17, 15) is 0 Å². The van der Waals surface area contributed by atoms with Crippen LogP contribution in [0, 0.1) is 0 Å². The zero-order valence-electron chi connectivity index (χ0n) is 9.09. The number of aromatic nitrogens is 3. The van der Waals surface area contributed by atoms with E-state index in [2.05, 4.69) is 21.2 Å². The fraction of sp³-hybridized carbons (Fsp3) is 0.273. The molecule has 2 aromatic rings. The molecule has 0 fully saturated rings. The van der Waals surface area contributed by atoms with Crippen LogP contribution in [0.4, 0.5) is 0 Å². The SMILES string of the molecule is NCc1nc(C2CSc3ccccc3O2)n[nH]1. The average Bonchev–Trinajstić information content (AvgIpc) is 2.87. The van der Waals surface area contributed by atoms with E-state index in [0.717, 1.165) is 11.5 Å². The molecule has 0 aliphatic carbocycles. The lowest BCUT2D eigenvalue weighted by Crippen LogP contribution is -2.16. The van der Waals surface area contributed by atoms with Crippen molar-refractivity contribution in [2.45, 2.75) is 17.5 Å². The van der Waals surface area contributed by atoms with E-state index in [4.69, 9.17) is 10.5 Å². The summed E-state index contributed by atoms with van der Waals surface area (Å²) >= 11 is 1.76. The molecule has 0 bridgehead atoms. The number of fused-ring (bicyclic) bond motifs is 1. The summed E-state index contributed by atoms with van der Waals surface area (Å²) in [4.78, 5) is 5.46. The summed E-state index contributed by atoms with van der Waals surface area (Å²) in [6.45, 7) is 0.365. The number of para-hydroxylation sites is 1. The van der Waals surface area contributed by atoms with Crippen LogP contribution in [-0.4, -0.2) is 20.9 Å². The van der Waals surface area contributed by atoms with E-state index in [0.29, 0.717) is 18.2 Å². The lowest BCUT2D eigenvalue weighted by Gasteiger charge is -2.23. The third-order valence-electron chi connectivity index (χ3n) is 2.54. The van der Waals surface area contributed by atoms with Crippen molar-refractivity contribution >= 4 is 11.8 Å². The van der Waals surface area contributed by atoms with E-state index in [1.165, 1.54) is 4.90 Å². The summed E-state index contributed by atoms with van der Waals surface area (Å²) in [6.07, 6.45) is -0.105. The van der Waals surface area contributed by atoms with Crippen molar-refractivity contribution in [1.29, 1.82) is 0 Å². The van der Waals surface area contributed by atoms with Crippen molar-refractivity contribution in [2.75, 3.05) is 5.75 Å². The van der Waals surface area contributed by atoms with Crippen LogP contribution in [0.3, 0.4) is 0 Å². The highest BCUT2D eigenvalue weighted by Crippen LogP contribution is 2.39. The van der Waals surface area contributed by atoms with Crippen molar-refractivity contribution in [3.05, 3.63) is 35.9 Å². The van der Waals surface area contributed by atoms with Gasteiger partial charge in [0.15, 0.2) is 11.9 Å². The lowest BCUT2D eigenvalue weighted by molar-refractivity contribution is 0.210. The Morgan fingerprint density at radius 3 is 3.18 bits per heavy atom. The summed E-state index contributed by atoms with van der Waals surface area (Å²) in [6, 6.07) is 7.99. The van der Waals surface area contributed by atoms with Crippen molar-refractivity contribution in [2.24, 2.45) is 5.73 Å². The molecule has 3 N–H and O–H groups in total. The van der Waals surface area contributed by atoms with Crippen LogP contribution in [0.15, 0.2) is 29.2 Å². The van der Waals surface area contributed by atoms with Gasteiger partial charge in [-0.1, -0.05) is 12.1 Å². The number of hydrogen-bond donors (Lipinski definition) is 2. The van der Waals surface area contributed by atoms with Crippen molar-refractivity contribution < 1.29 is 4.74 Å². The van der Waals surface area contributed by atoms with E-state index >= 15 is 0 Å². The van der Waals surface area contributed by atoms with Crippen LogP contribution in [0.5, 0.6) is 5.75 Å². The third kappa shape index (κ3) is 2.01. The molecule has 1 aromatic carbocycles. The maximum atomic E-state index is 5.87. The minimum absolute atomic E-state index is 0.105. The van der Waals surface area contributed by atoms with E-state index < -0.39 is 0 Å². The normalized spacial score (nSPS) is 18.5. The number of nitrogens with two attached hydrogens (primary N) is 1. The van der Waals surface area contributed by atoms with Gasteiger partial charge in [0, 0.05) is 10.6 Å². The maximum absolute atomic E-state index is 5.87. The second-order valence-electron chi connectivity index (χ2n) is 3.71. The Kier molecular flexibility index (Phi) is 2.74. The van der Waals surface area contributed by atoms with Gasteiger partial charge in [-0.2, -0.15) is 5.10 Å². The minimum atomic E-state index is -0.105. The van der Waals surface area contributed by atoms with Crippen molar-refractivity contribution in [3.8, 4) is 5.75 Å². The molecule has 1 aliphatic rings. The Bertz CT molecular complexity index is 528. The molecule has 1 aliphatic heterocycles. The van der Waals surface area contributed by atoms with Gasteiger partial charge in [-0.3, -0.25) is 5.10 Å². The number of hydrogen-bond acceptors (Lipinski definition) is 5. The van der Waals surface area contributed by atoms with Crippen LogP contribution >= 0.6 is 11.8 Å². The molecular formula is C11H12N4OS. The highest BCUT2D eigenvalue weighted by atomic mass is 32.2. The molecule has 5 nitrogen and oxygen atoms in total. The summed E-state index contributed by atoms with van der Waals surface area (Å²) in [5.74, 6) is 3.08. The maximum Gasteiger partial charge on any atom is 0.192 e. The number of nitrogens with one attached hydrogen (secondary N) is 1. The van der Waals surface area contributed by atoms with Crippen molar-refractivity contribution in [1.82, 2.24) is 15.2 Å². The zero-order valence-corrected chi connectivity index (χ0v) is 9.91. The fourth-order valence-corrected chi connectivity index (χ4v) is 2.67. The molecule has 1 unspecified atom stereocenters.